The Morgan fingerprint density at radius 3 is 2.85 bits per heavy atom. The number of nitrogens with two attached hydrogens (primary N) is 1. The molecule has 0 fully saturated rings. The molecule has 0 unspecified atom stereocenters. The highest BCUT2D eigenvalue weighted by atomic mass is 35.5. The van der Waals surface area contributed by atoms with E-state index in [2.05, 4.69) is 17.2 Å². The van der Waals surface area contributed by atoms with Crippen LogP contribution in [0.15, 0.2) is 34.9 Å². The number of halogens is 2. The average molecular weight is 293 g/mol. The number of hydrogen-bond donors (Lipinski definition) is 2. The van der Waals surface area contributed by atoms with E-state index >= 15 is 0 Å². The molecular formula is C14H10ClFN2O2. The first-order valence-corrected chi connectivity index (χ1v) is 6.02. The molecule has 20 heavy (non-hydrogen) atoms. The van der Waals surface area contributed by atoms with Crippen LogP contribution in [-0.2, 0) is 0 Å². The molecule has 0 aliphatic heterocycles. The number of benzene rings is 1. The number of rotatable bonds is 2. The average Bonchev–Trinajstić information content (AvgIpc) is 2.85. The van der Waals surface area contributed by atoms with E-state index < -0.39 is 11.7 Å². The molecule has 1 amide bonds. The van der Waals surface area contributed by atoms with Gasteiger partial charge in [0.15, 0.2) is 0 Å². The van der Waals surface area contributed by atoms with Gasteiger partial charge in [-0.15, -0.1) is 0 Å². The number of anilines is 1. The van der Waals surface area contributed by atoms with Crippen LogP contribution in [0.3, 0.4) is 0 Å². The van der Waals surface area contributed by atoms with Gasteiger partial charge in [-0.1, -0.05) is 11.8 Å². The van der Waals surface area contributed by atoms with E-state index in [1.165, 1.54) is 24.5 Å². The molecule has 0 radical (unpaired) electrons. The summed E-state index contributed by atoms with van der Waals surface area (Å²) < 4.78 is 18.6. The Kier molecular flexibility index (Phi) is 4.41. The maximum atomic E-state index is 13.8. The molecular weight excluding hydrogens is 283 g/mol. The van der Waals surface area contributed by atoms with Crippen molar-refractivity contribution in [3.63, 3.8) is 0 Å². The fraction of sp³-hybridized carbons (Fsp3) is 0.0714. The highest BCUT2D eigenvalue weighted by molar-refractivity contribution is 6.32. The molecule has 2 rings (SSSR count). The monoisotopic (exact) mass is 292 g/mol. The predicted molar refractivity (Wildman–Crippen MR) is 74.0 cm³/mol. The van der Waals surface area contributed by atoms with Crippen LogP contribution in [0.5, 0.6) is 0 Å². The summed E-state index contributed by atoms with van der Waals surface area (Å²) in [6.45, 7) is 0.194. The molecule has 1 aromatic carbocycles. The van der Waals surface area contributed by atoms with E-state index in [9.17, 15) is 9.18 Å². The molecule has 0 aliphatic carbocycles. The summed E-state index contributed by atoms with van der Waals surface area (Å²) in [5, 5.41) is 2.36. The number of furan rings is 1. The highest BCUT2D eigenvalue weighted by Crippen LogP contribution is 2.20. The fourth-order valence-electron chi connectivity index (χ4n) is 1.49. The van der Waals surface area contributed by atoms with Crippen LogP contribution >= 0.6 is 11.6 Å². The lowest BCUT2D eigenvalue weighted by molar-refractivity contribution is 0.102. The van der Waals surface area contributed by atoms with Crippen LogP contribution in [0.1, 0.15) is 15.9 Å². The van der Waals surface area contributed by atoms with E-state index in [0.29, 0.717) is 5.56 Å². The molecule has 0 spiro atoms. The third kappa shape index (κ3) is 3.18. The Labute approximate surface area is 119 Å². The first-order chi connectivity index (χ1) is 9.61. The molecule has 3 N–H and O–H groups in total. The molecule has 0 saturated carbocycles. The van der Waals surface area contributed by atoms with Gasteiger partial charge >= 0.3 is 0 Å². The minimum atomic E-state index is -0.596. The van der Waals surface area contributed by atoms with Gasteiger partial charge in [0, 0.05) is 5.56 Å². The van der Waals surface area contributed by atoms with Crippen LogP contribution in [0.2, 0.25) is 5.22 Å². The smallest absolute Gasteiger partial charge is 0.260 e. The Balaban J connectivity index is 2.18. The van der Waals surface area contributed by atoms with Crippen molar-refractivity contribution in [2.75, 3.05) is 11.9 Å². The summed E-state index contributed by atoms with van der Waals surface area (Å²) in [5.74, 6) is 4.17. The Morgan fingerprint density at radius 1 is 1.45 bits per heavy atom. The van der Waals surface area contributed by atoms with Gasteiger partial charge in [0.1, 0.15) is 5.82 Å². The first-order valence-electron chi connectivity index (χ1n) is 5.64. The Hall–Kier alpha value is -2.29. The summed E-state index contributed by atoms with van der Waals surface area (Å²) in [6.07, 6.45) is 1.28. The summed E-state index contributed by atoms with van der Waals surface area (Å²) in [4.78, 5) is 11.8. The van der Waals surface area contributed by atoms with Crippen molar-refractivity contribution in [3.8, 4) is 11.8 Å². The molecule has 2 aromatic rings. The molecule has 4 nitrogen and oxygen atoms in total. The Bertz CT molecular complexity index is 701. The molecule has 0 aliphatic rings. The second kappa shape index (κ2) is 6.24. The van der Waals surface area contributed by atoms with Crippen molar-refractivity contribution >= 4 is 23.2 Å². The van der Waals surface area contributed by atoms with Crippen molar-refractivity contribution < 1.29 is 13.6 Å². The minimum absolute atomic E-state index is 0.0329. The van der Waals surface area contributed by atoms with Crippen molar-refractivity contribution in [1.82, 2.24) is 0 Å². The SMILES string of the molecule is NCC#Cc1ccc(NC(=O)c2ccoc2Cl)c(F)c1. The predicted octanol–water partition coefficient (Wildman–Crippen LogP) is 2.63. The molecule has 6 heteroatoms. The number of nitrogens with one attached hydrogen (secondary N) is 1. The number of carbonyl (C=O) groups excluding carboxylic acids is 1. The van der Waals surface area contributed by atoms with Crippen LogP contribution in [0.4, 0.5) is 10.1 Å². The van der Waals surface area contributed by atoms with Gasteiger partial charge in [0.25, 0.3) is 5.91 Å². The van der Waals surface area contributed by atoms with Crippen molar-refractivity contribution in [2.24, 2.45) is 5.73 Å². The third-order valence-electron chi connectivity index (χ3n) is 2.41. The standard InChI is InChI=1S/C14H10ClFN2O2/c15-13-10(5-7-20-13)14(19)18-12-4-3-9(2-1-6-17)8-11(12)16/h3-5,7-8H,6,17H2,(H,18,19). The summed E-state index contributed by atoms with van der Waals surface area (Å²) in [5.41, 5.74) is 5.88. The van der Waals surface area contributed by atoms with Crippen molar-refractivity contribution in [2.45, 2.75) is 0 Å². The fourth-order valence-corrected chi connectivity index (χ4v) is 1.69. The summed E-state index contributed by atoms with van der Waals surface area (Å²) in [6, 6.07) is 5.62. The lowest BCUT2D eigenvalue weighted by Gasteiger charge is -2.05. The van der Waals surface area contributed by atoms with Crippen LogP contribution in [-0.4, -0.2) is 12.5 Å². The van der Waals surface area contributed by atoms with Gasteiger partial charge in [0.05, 0.1) is 24.1 Å². The molecule has 1 heterocycles. The second-order valence-corrected chi connectivity index (χ2v) is 4.11. The van der Waals surface area contributed by atoms with Crippen LogP contribution < -0.4 is 11.1 Å². The first kappa shape index (κ1) is 14.1. The summed E-state index contributed by atoms with van der Waals surface area (Å²) in [7, 11) is 0. The quantitative estimate of drug-likeness (QED) is 0.836. The maximum Gasteiger partial charge on any atom is 0.260 e. The van der Waals surface area contributed by atoms with Gasteiger partial charge in [0.2, 0.25) is 5.22 Å². The highest BCUT2D eigenvalue weighted by Gasteiger charge is 2.14. The van der Waals surface area contributed by atoms with Crippen molar-refractivity contribution in [1.29, 1.82) is 0 Å². The maximum absolute atomic E-state index is 13.8. The minimum Gasteiger partial charge on any atom is -0.452 e. The number of hydrogen-bond acceptors (Lipinski definition) is 3. The zero-order valence-electron chi connectivity index (χ0n) is 10.2. The van der Waals surface area contributed by atoms with Crippen molar-refractivity contribution in [3.05, 3.63) is 52.7 Å². The lowest BCUT2D eigenvalue weighted by Crippen LogP contribution is -2.12. The Morgan fingerprint density at radius 2 is 2.25 bits per heavy atom. The topological polar surface area (TPSA) is 68.3 Å². The largest absolute Gasteiger partial charge is 0.452 e. The number of amides is 1. The van der Waals surface area contributed by atoms with Crippen LogP contribution in [0, 0.1) is 17.7 Å². The summed E-state index contributed by atoms with van der Waals surface area (Å²) >= 11 is 5.67. The van der Waals surface area contributed by atoms with Gasteiger partial charge < -0.3 is 15.5 Å². The molecule has 102 valence electrons. The van der Waals surface area contributed by atoms with Gasteiger partial charge in [-0.05, 0) is 35.9 Å². The molecule has 0 saturated heterocycles. The third-order valence-corrected chi connectivity index (χ3v) is 2.71. The normalized spacial score (nSPS) is 9.75. The molecule has 0 bridgehead atoms. The van der Waals surface area contributed by atoms with Gasteiger partial charge in [-0.2, -0.15) is 0 Å². The van der Waals surface area contributed by atoms with E-state index in [4.69, 9.17) is 21.8 Å². The molecule has 0 atom stereocenters. The lowest BCUT2D eigenvalue weighted by atomic mass is 10.2. The van der Waals surface area contributed by atoms with E-state index in [1.54, 1.807) is 6.07 Å². The molecule has 1 aromatic heterocycles. The van der Waals surface area contributed by atoms with E-state index in [0.717, 1.165) is 0 Å². The van der Waals surface area contributed by atoms with Gasteiger partial charge in [-0.3, -0.25) is 4.79 Å². The van der Waals surface area contributed by atoms with E-state index in [1.807, 2.05) is 0 Å². The van der Waals surface area contributed by atoms with Gasteiger partial charge in [-0.25, -0.2) is 4.39 Å². The van der Waals surface area contributed by atoms with E-state index in [-0.39, 0.29) is 23.0 Å². The van der Waals surface area contributed by atoms with Crippen LogP contribution in [0.25, 0.3) is 0 Å². The zero-order valence-corrected chi connectivity index (χ0v) is 11.0. The zero-order chi connectivity index (χ0) is 14.5. The second-order valence-electron chi connectivity index (χ2n) is 3.76. The number of carbonyl (C=O) groups is 1.